The molecule has 0 bridgehead atoms. The summed E-state index contributed by atoms with van der Waals surface area (Å²) in [5, 5.41) is 43.0. The van der Waals surface area contributed by atoms with Crippen LogP contribution in [0.3, 0.4) is 0 Å². The molecule has 0 saturated heterocycles. The highest BCUT2D eigenvalue weighted by Crippen LogP contribution is 2.32. The predicted octanol–water partition coefficient (Wildman–Crippen LogP) is 3.50. The number of hydrogen-bond donors (Lipinski definition) is 5. The third-order valence-electron chi connectivity index (χ3n) is 3.98. The Bertz CT molecular complexity index is 865. The van der Waals surface area contributed by atoms with E-state index in [1.165, 1.54) is 24.3 Å². The van der Waals surface area contributed by atoms with Crippen molar-refractivity contribution in [2.45, 2.75) is 12.6 Å². The van der Waals surface area contributed by atoms with Gasteiger partial charge < -0.3 is 25.7 Å². The number of aliphatic hydroxyl groups excluding tert-OH is 1. The Morgan fingerprint density at radius 3 is 2.28 bits per heavy atom. The number of phenols is 3. The summed E-state index contributed by atoms with van der Waals surface area (Å²) in [4.78, 5) is 0. The van der Waals surface area contributed by atoms with Gasteiger partial charge in [-0.05, 0) is 42.0 Å². The highest BCUT2D eigenvalue weighted by molar-refractivity contribution is 5.54. The molecule has 0 heterocycles. The number of aliphatic hydroxyl groups is 1. The molecule has 1 unspecified atom stereocenters. The monoisotopic (exact) mass is 337 g/mol. The third kappa shape index (κ3) is 3.84. The van der Waals surface area contributed by atoms with E-state index in [0.717, 1.165) is 0 Å². The van der Waals surface area contributed by atoms with Gasteiger partial charge in [-0.25, -0.2) is 0 Å². The van der Waals surface area contributed by atoms with E-state index in [-0.39, 0.29) is 23.8 Å². The molecule has 0 aromatic heterocycles. The normalized spacial score (nSPS) is 11.9. The maximum absolute atomic E-state index is 10.5. The Hall–Kier alpha value is -3.18. The molecular weight excluding hydrogens is 318 g/mol. The van der Waals surface area contributed by atoms with Crippen molar-refractivity contribution in [1.82, 2.24) is 0 Å². The lowest BCUT2D eigenvalue weighted by atomic mass is 10.00. The molecule has 0 aliphatic carbocycles. The largest absolute Gasteiger partial charge is 0.508 e. The first kappa shape index (κ1) is 16.7. The lowest BCUT2D eigenvalue weighted by Gasteiger charge is -2.15. The molecule has 1 atom stereocenters. The molecule has 25 heavy (non-hydrogen) atoms. The van der Waals surface area contributed by atoms with Crippen molar-refractivity contribution in [3.8, 4) is 17.2 Å². The first-order chi connectivity index (χ1) is 12.0. The minimum absolute atomic E-state index is 0.00195. The van der Waals surface area contributed by atoms with Crippen molar-refractivity contribution in [2.75, 3.05) is 5.32 Å². The van der Waals surface area contributed by atoms with Gasteiger partial charge in [0.2, 0.25) is 0 Å². The minimum atomic E-state index is -0.947. The topological polar surface area (TPSA) is 93.0 Å². The fourth-order valence-electron chi connectivity index (χ4n) is 2.61. The second-order valence-electron chi connectivity index (χ2n) is 5.75. The number of nitrogens with one attached hydrogen (secondary N) is 1. The maximum Gasteiger partial charge on any atom is 0.121 e. The number of rotatable bonds is 5. The molecule has 0 aliphatic heterocycles. The van der Waals surface area contributed by atoms with Crippen LogP contribution in [0.15, 0.2) is 66.7 Å². The number of phenolic OH excluding ortho intramolecular Hbond substituents is 3. The molecule has 3 aromatic carbocycles. The highest BCUT2D eigenvalue weighted by atomic mass is 16.3. The fourth-order valence-corrected chi connectivity index (χ4v) is 2.61. The van der Waals surface area contributed by atoms with Gasteiger partial charge in [-0.15, -0.1) is 0 Å². The average molecular weight is 337 g/mol. The molecule has 0 fully saturated rings. The molecule has 0 saturated carbocycles. The number of benzene rings is 3. The summed E-state index contributed by atoms with van der Waals surface area (Å²) in [6, 6.07) is 18.2. The van der Waals surface area contributed by atoms with Crippen molar-refractivity contribution in [1.29, 1.82) is 0 Å². The van der Waals surface area contributed by atoms with Crippen molar-refractivity contribution in [3.63, 3.8) is 0 Å². The third-order valence-corrected chi connectivity index (χ3v) is 3.98. The zero-order valence-corrected chi connectivity index (χ0v) is 13.4. The standard InChI is InChI=1S/C20H19NO4/c22-16-7-9-18(23)14(10-16)12-21-15-6-8-19(24)17(11-15)20(25)13-4-2-1-3-5-13/h1-11,20-25H,12H2. The predicted molar refractivity (Wildman–Crippen MR) is 95.7 cm³/mol. The average Bonchev–Trinajstić information content (AvgIpc) is 2.63. The van der Waals surface area contributed by atoms with Crippen LogP contribution >= 0.6 is 0 Å². The fraction of sp³-hybridized carbons (Fsp3) is 0.100. The van der Waals surface area contributed by atoms with Crippen molar-refractivity contribution < 1.29 is 20.4 Å². The van der Waals surface area contributed by atoms with E-state index in [1.54, 1.807) is 24.3 Å². The van der Waals surface area contributed by atoms with Gasteiger partial charge in [0.25, 0.3) is 0 Å². The Labute approximate surface area is 145 Å². The molecule has 3 aromatic rings. The molecule has 128 valence electrons. The first-order valence-electron chi connectivity index (χ1n) is 7.85. The lowest BCUT2D eigenvalue weighted by molar-refractivity contribution is 0.215. The SMILES string of the molecule is Oc1ccc(O)c(CNc2ccc(O)c(C(O)c3ccccc3)c2)c1. The van der Waals surface area contributed by atoms with Crippen LogP contribution in [-0.2, 0) is 6.54 Å². The van der Waals surface area contributed by atoms with Gasteiger partial charge in [0.1, 0.15) is 23.4 Å². The number of hydrogen-bond acceptors (Lipinski definition) is 5. The molecule has 5 heteroatoms. The highest BCUT2D eigenvalue weighted by Gasteiger charge is 2.15. The van der Waals surface area contributed by atoms with Gasteiger partial charge >= 0.3 is 0 Å². The molecule has 0 spiro atoms. The van der Waals surface area contributed by atoms with Gasteiger partial charge in [0.05, 0.1) is 0 Å². The molecule has 0 radical (unpaired) electrons. The van der Waals surface area contributed by atoms with Crippen LogP contribution in [0.5, 0.6) is 17.2 Å². The van der Waals surface area contributed by atoms with Crippen LogP contribution < -0.4 is 5.32 Å². The van der Waals surface area contributed by atoms with Crippen molar-refractivity contribution in [2.24, 2.45) is 0 Å². The summed E-state index contributed by atoms with van der Waals surface area (Å²) in [5.74, 6) is 0.149. The second kappa shape index (κ2) is 7.15. The molecular formula is C20H19NO4. The molecule has 3 rings (SSSR count). The van der Waals surface area contributed by atoms with E-state index in [4.69, 9.17) is 0 Å². The van der Waals surface area contributed by atoms with Crippen molar-refractivity contribution in [3.05, 3.63) is 83.4 Å². The maximum atomic E-state index is 10.5. The first-order valence-corrected chi connectivity index (χ1v) is 7.85. The minimum Gasteiger partial charge on any atom is -0.508 e. The van der Waals surface area contributed by atoms with E-state index in [0.29, 0.717) is 22.4 Å². The number of aromatic hydroxyl groups is 3. The summed E-state index contributed by atoms with van der Waals surface area (Å²) in [7, 11) is 0. The Balaban J connectivity index is 1.81. The summed E-state index contributed by atoms with van der Waals surface area (Å²) in [5.41, 5.74) is 2.28. The zero-order chi connectivity index (χ0) is 17.8. The van der Waals surface area contributed by atoms with Crippen LogP contribution in [0.4, 0.5) is 5.69 Å². The van der Waals surface area contributed by atoms with E-state index in [9.17, 15) is 20.4 Å². The van der Waals surface area contributed by atoms with E-state index < -0.39 is 6.10 Å². The lowest BCUT2D eigenvalue weighted by Crippen LogP contribution is -2.03. The van der Waals surface area contributed by atoms with Crippen LogP contribution in [0.1, 0.15) is 22.8 Å². The van der Waals surface area contributed by atoms with Gasteiger partial charge in [-0.2, -0.15) is 0 Å². The summed E-state index contributed by atoms with van der Waals surface area (Å²) >= 11 is 0. The Morgan fingerprint density at radius 2 is 1.52 bits per heavy atom. The van der Waals surface area contributed by atoms with Crippen LogP contribution in [0, 0.1) is 0 Å². The molecule has 5 nitrogen and oxygen atoms in total. The smallest absolute Gasteiger partial charge is 0.121 e. The van der Waals surface area contributed by atoms with Gasteiger partial charge in [0, 0.05) is 23.4 Å². The van der Waals surface area contributed by atoms with Crippen LogP contribution in [-0.4, -0.2) is 20.4 Å². The van der Waals surface area contributed by atoms with Gasteiger partial charge in [0.15, 0.2) is 0 Å². The summed E-state index contributed by atoms with van der Waals surface area (Å²) < 4.78 is 0. The van der Waals surface area contributed by atoms with Crippen LogP contribution in [0.25, 0.3) is 0 Å². The Kier molecular flexibility index (Phi) is 4.77. The van der Waals surface area contributed by atoms with Gasteiger partial charge in [-0.1, -0.05) is 30.3 Å². The van der Waals surface area contributed by atoms with E-state index in [1.807, 2.05) is 18.2 Å². The van der Waals surface area contributed by atoms with E-state index in [2.05, 4.69) is 5.32 Å². The Morgan fingerprint density at radius 1 is 0.800 bits per heavy atom. The second-order valence-corrected chi connectivity index (χ2v) is 5.75. The molecule has 5 N–H and O–H groups in total. The number of anilines is 1. The van der Waals surface area contributed by atoms with E-state index >= 15 is 0 Å². The van der Waals surface area contributed by atoms with Crippen LogP contribution in [0.2, 0.25) is 0 Å². The molecule has 0 aliphatic rings. The summed E-state index contributed by atoms with van der Waals surface area (Å²) in [6.07, 6.45) is -0.947. The quantitative estimate of drug-likeness (QED) is 0.460. The van der Waals surface area contributed by atoms with Crippen molar-refractivity contribution >= 4 is 5.69 Å². The van der Waals surface area contributed by atoms with Gasteiger partial charge in [-0.3, -0.25) is 0 Å². The zero-order valence-electron chi connectivity index (χ0n) is 13.4. The summed E-state index contributed by atoms with van der Waals surface area (Å²) in [6.45, 7) is 0.284. The molecule has 0 amide bonds.